The Morgan fingerprint density at radius 3 is 2.09 bits per heavy atom. The monoisotopic (exact) mass is 463 g/mol. The van der Waals surface area contributed by atoms with Crippen LogP contribution >= 0.6 is 0 Å². The molecule has 1 rings (SSSR count). The average Bonchev–Trinajstić information content (AvgIpc) is 2.68. The summed E-state index contributed by atoms with van der Waals surface area (Å²) in [6, 6.07) is 7.90. The molecule has 0 aliphatic heterocycles. The highest BCUT2D eigenvalue weighted by Gasteiger charge is 2.38. The van der Waals surface area contributed by atoms with Crippen LogP contribution in [-0.2, 0) is 23.9 Å². The molecular weight excluding hydrogens is 426 g/mol. The maximum absolute atomic E-state index is 13.2. The van der Waals surface area contributed by atoms with Gasteiger partial charge in [-0.25, -0.2) is 4.79 Å². The van der Waals surface area contributed by atoms with Gasteiger partial charge < -0.3 is 25.0 Å². The van der Waals surface area contributed by atoms with Gasteiger partial charge in [-0.3, -0.25) is 14.4 Å². The minimum absolute atomic E-state index is 0.0186. The van der Waals surface area contributed by atoms with Gasteiger partial charge in [0.15, 0.2) is 0 Å². The number of nitrogens with zero attached hydrogens (tertiary/aromatic N) is 1. The van der Waals surface area contributed by atoms with Crippen LogP contribution in [0.4, 0.5) is 4.79 Å². The van der Waals surface area contributed by atoms with Gasteiger partial charge in [0, 0.05) is 12.1 Å². The second-order valence-electron chi connectivity index (χ2n) is 9.45. The topological polar surface area (TPSA) is 114 Å². The highest BCUT2D eigenvalue weighted by Crippen LogP contribution is 2.29. The Hall–Kier alpha value is -3.10. The van der Waals surface area contributed by atoms with Crippen LogP contribution in [0.5, 0.6) is 0 Å². The molecule has 0 fully saturated rings. The SMILES string of the molecule is CCOC(=O)CCNC(=O)C(c1ccccc1)N(C(=O)CNC(=O)OC(C)(C)C)C(C)(C)C. The minimum atomic E-state index is -0.971. The smallest absolute Gasteiger partial charge is 0.408 e. The quantitative estimate of drug-likeness (QED) is 0.544. The number of carbonyl (C=O) groups is 4. The lowest BCUT2D eigenvalue weighted by atomic mass is 9.96. The van der Waals surface area contributed by atoms with E-state index in [9.17, 15) is 19.2 Å². The van der Waals surface area contributed by atoms with Crippen molar-refractivity contribution in [2.75, 3.05) is 19.7 Å². The van der Waals surface area contributed by atoms with Gasteiger partial charge >= 0.3 is 12.1 Å². The molecule has 1 aromatic rings. The average molecular weight is 464 g/mol. The number of rotatable bonds is 9. The van der Waals surface area contributed by atoms with Gasteiger partial charge in [-0.05, 0) is 54.0 Å². The number of amides is 3. The van der Waals surface area contributed by atoms with Crippen LogP contribution in [0.2, 0.25) is 0 Å². The van der Waals surface area contributed by atoms with E-state index in [1.54, 1.807) is 72.7 Å². The molecule has 0 aliphatic carbocycles. The van der Waals surface area contributed by atoms with Crippen LogP contribution in [0.3, 0.4) is 0 Å². The van der Waals surface area contributed by atoms with E-state index >= 15 is 0 Å². The molecule has 0 saturated carbocycles. The molecule has 9 nitrogen and oxygen atoms in total. The van der Waals surface area contributed by atoms with E-state index in [-0.39, 0.29) is 26.1 Å². The van der Waals surface area contributed by atoms with Gasteiger partial charge in [-0.1, -0.05) is 30.3 Å². The molecule has 1 aromatic carbocycles. The third-order valence-electron chi connectivity index (χ3n) is 4.33. The third kappa shape index (κ3) is 9.93. The summed E-state index contributed by atoms with van der Waals surface area (Å²) in [5.41, 5.74) is -0.861. The lowest BCUT2D eigenvalue weighted by Crippen LogP contribution is -2.55. The molecule has 1 atom stereocenters. The molecule has 0 saturated heterocycles. The first kappa shape index (κ1) is 27.9. The number of benzene rings is 1. The number of esters is 1. The van der Waals surface area contributed by atoms with Crippen molar-refractivity contribution in [3.8, 4) is 0 Å². The third-order valence-corrected chi connectivity index (χ3v) is 4.33. The van der Waals surface area contributed by atoms with Crippen LogP contribution in [0, 0.1) is 0 Å². The van der Waals surface area contributed by atoms with E-state index in [0.29, 0.717) is 5.56 Å². The van der Waals surface area contributed by atoms with Crippen molar-refractivity contribution in [2.24, 2.45) is 0 Å². The lowest BCUT2D eigenvalue weighted by Gasteiger charge is -2.41. The maximum Gasteiger partial charge on any atom is 0.408 e. The number of carbonyl (C=O) groups excluding carboxylic acids is 4. The lowest BCUT2D eigenvalue weighted by molar-refractivity contribution is -0.146. The number of ether oxygens (including phenoxy) is 2. The molecule has 9 heteroatoms. The second kappa shape index (κ2) is 12.2. The normalized spacial score (nSPS) is 12.3. The van der Waals surface area contributed by atoms with Crippen LogP contribution < -0.4 is 10.6 Å². The molecular formula is C24H37N3O6. The molecule has 0 aliphatic rings. The van der Waals surface area contributed by atoms with Crippen molar-refractivity contribution in [1.82, 2.24) is 15.5 Å². The summed E-state index contributed by atoms with van der Waals surface area (Å²) in [6.45, 7) is 12.3. The Balaban J connectivity index is 3.11. The summed E-state index contributed by atoms with van der Waals surface area (Å²) in [5, 5.41) is 5.19. The van der Waals surface area contributed by atoms with E-state index in [1.165, 1.54) is 4.90 Å². The van der Waals surface area contributed by atoms with Crippen molar-refractivity contribution in [3.63, 3.8) is 0 Å². The predicted octanol–water partition coefficient (Wildman–Crippen LogP) is 2.95. The fraction of sp³-hybridized carbons (Fsp3) is 0.583. The first-order valence-corrected chi connectivity index (χ1v) is 11.0. The Morgan fingerprint density at radius 1 is 0.970 bits per heavy atom. The van der Waals surface area contributed by atoms with Crippen molar-refractivity contribution in [1.29, 1.82) is 0 Å². The highest BCUT2D eigenvalue weighted by molar-refractivity contribution is 5.91. The summed E-state index contributed by atoms with van der Waals surface area (Å²) in [7, 11) is 0. The number of hydrogen-bond donors (Lipinski definition) is 2. The molecule has 0 radical (unpaired) electrons. The minimum Gasteiger partial charge on any atom is -0.466 e. The molecule has 184 valence electrons. The second-order valence-corrected chi connectivity index (χ2v) is 9.45. The van der Waals surface area contributed by atoms with Gasteiger partial charge in [0.05, 0.1) is 13.0 Å². The maximum atomic E-state index is 13.2. The first-order valence-electron chi connectivity index (χ1n) is 11.0. The van der Waals surface area contributed by atoms with Crippen molar-refractivity contribution >= 4 is 23.9 Å². The number of hydrogen-bond acceptors (Lipinski definition) is 6. The van der Waals surface area contributed by atoms with Crippen LogP contribution in [0.1, 0.15) is 66.5 Å². The van der Waals surface area contributed by atoms with E-state index < -0.39 is 41.1 Å². The van der Waals surface area contributed by atoms with Gasteiger partial charge in [-0.2, -0.15) is 0 Å². The summed E-state index contributed by atoms with van der Waals surface area (Å²) in [4.78, 5) is 51.6. The summed E-state index contributed by atoms with van der Waals surface area (Å²) in [6.07, 6.45) is -0.704. The van der Waals surface area contributed by atoms with E-state index in [2.05, 4.69) is 10.6 Å². The number of alkyl carbamates (subject to hydrolysis) is 1. The van der Waals surface area contributed by atoms with Crippen LogP contribution in [0.25, 0.3) is 0 Å². The van der Waals surface area contributed by atoms with Gasteiger partial charge in [0.2, 0.25) is 11.8 Å². The Bertz CT molecular complexity index is 812. The zero-order valence-electron chi connectivity index (χ0n) is 20.7. The van der Waals surface area contributed by atoms with Crippen molar-refractivity contribution in [3.05, 3.63) is 35.9 Å². The molecule has 1 unspecified atom stereocenters. The highest BCUT2D eigenvalue weighted by atomic mass is 16.6. The van der Waals surface area contributed by atoms with Gasteiger partial charge in [0.1, 0.15) is 18.2 Å². The molecule has 33 heavy (non-hydrogen) atoms. The van der Waals surface area contributed by atoms with Crippen LogP contribution in [0.15, 0.2) is 30.3 Å². The fourth-order valence-corrected chi connectivity index (χ4v) is 3.12. The summed E-state index contributed by atoms with van der Waals surface area (Å²) < 4.78 is 10.1. The van der Waals surface area contributed by atoms with Crippen molar-refractivity contribution in [2.45, 2.75) is 72.1 Å². The standard InChI is InChI=1S/C24H37N3O6/c1-8-32-19(29)14-15-25-21(30)20(17-12-10-9-11-13-17)27(23(2,3)4)18(28)16-26-22(31)33-24(5,6)7/h9-13,20H,8,14-16H2,1-7H3,(H,25,30)(H,26,31). The fourth-order valence-electron chi connectivity index (χ4n) is 3.12. The molecule has 0 bridgehead atoms. The summed E-state index contributed by atoms with van der Waals surface area (Å²) >= 11 is 0. The Kier molecular flexibility index (Phi) is 10.3. The Morgan fingerprint density at radius 2 is 1.58 bits per heavy atom. The molecule has 0 spiro atoms. The molecule has 2 N–H and O–H groups in total. The summed E-state index contributed by atoms with van der Waals surface area (Å²) in [5.74, 6) is -1.31. The van der Waals surface area contributed by atoms with E-state index in [4.69, 9.17) is 9.47 Å². The first-order chi connectivity index (χ1) is 15.3. The largest absolute Gasteiger partial charge is 0.466 e. The van der Waals surface area contributed by atoms with Crippen LogP contribution in [-0.4, -0.2) is 59.6 Å². The van der Waals surface area contributed by atoms with E-state index in [1.807, 2.05) is 6.07 Å². The Labute approximate surface area is 196 Å². The zero-order chi connectivity index (χ0) is 25.2. The van der Waals surface area contributed by atoms with Crippen molar-refractivity contribution < 1.29 is 28.7 Å². The predicted molar refractivity (Wildman–Crippen MR) is 124 cm³/mol. The zero-order valence-corrected chi connectivity index (χ0v) is 20.7. The molecule has 0 aromatic heterocycles. The van der Waals surface area contributed by atoms with Gasteiger partial charge in [0.25, 0.3) is 0 Å². The molecule has 3 amide bonds. The van der Waals surface area contributed by atoms with E-state index in [0.717, 1.165) is 0 Å². The van der Waals surface area contributed by atoms with Gasteiger partial charge in [-0.15, -0.1) is 0 Å². The number of nitrogens with one attached hydrogen (secondary N) is 2. The molecule has 0 heterocycles.